The predicted octanol–water partition coefficient (Wildman–Crippen LogP) is -0.156. The predicted molar refractivity (Wildman–Crippen MR) is 64.6 cm³/mol. The molecular formula is C12H18N2O4. The maximum atomic E-state index is 11.4. The van der Waals surface area contributed by atoms with E-state index in [1.165, 1.54) is 12.2 Å². The van der Waals surface area contributed by atoms with E-state index < -0.39 is 0 Å². The summed E-state index contributed by atoms with van der Waals surface area (Å²) >= 11 is 0. The summed E-state index contributed by atoms with van der Waals surface area (Å²) in [5, 5.41) is 2.73. The van der Waals surface area contributed by atoms with Gasteiger partial charge in [0.25, 0.3) is 11.8 Å². The number of carbonyl (C=O) groups excluding carboxylic acids is 3. The topological polar surface area (TPSA) is 75.7 Å². The van der Waals surface area contributed by atoms with Crippen molar-refractivity contribution in [3.8, 4) is 0 Å². The molecule has 0 aromatic rings. The number of ether oxygens (including phenoxy) is 1. The van der Waals surface area contributed by atoms with Crippen LogP contribution in [-0.4, -0.2) is 49.4 Å². The SMILES string of the molecule is COCCCCNC(=O)CCN1C(=O)C=CC1=O. The van der Waals surface area contributed by atoms with Crippen LogP contribution in [0.1, 0.15) is 19.3 Å². The van der Waals surface area contributed by atoms with Gasteiger partial charge in [-0.1, -0.05) is 0 Å². The first-order valence-corrected chi connectivity index (χ1v) is 5.94. The van der Waals surface area contributed by atoms with Gasteiger partial charge in [0.1, 0.15) is 0 Å². The Kier molecular flexibility index (Phi) is 6.07. The molecule has 1 aliphatic rings. The molecule has 0 radical (unpaired) electrons. The van der Waals surface area contributed by atoms with Crippen molar-refractivity contribution in [2.75, 3.05) is 26.8 Å². The van der Waals surface area contributed by atoms with Crippen LogP contribution in [0.15, 0.2) is 12.2 Å². The van der Waals surface area contributed by atoms with Gasteiger partial charge in [0, 0.05) is 45.4 Å². The second kappa shape index (κ2) is 7.60. The van der Waals surface area contributed by atoms with Crippen LogP contribution in [-0.2, 0) is 19.1 Å². The van der Waals surface area contributed by atoms with E-state index in [1.54, 1.807) is 7.11 Å². The van der Waals surface area contributed by atoms with Gasteiger partial charge in [-0.25, -0.2) is 0 Å². The van der Waals surface area contributed by atoms with E-state index in [4.69, 9.17) is 4.74 Å². The number of unbranched alkanes of at least 4 members (excludes halogenated alkanes) is 1. The average Bonchev–Trinajstić information content (AvgIpc) is 2.66. The van der Waals surface area contributed by atoms with Crippen LogP contribution in [0.3, 0.4) is 0 Å². The highest BCUT2D eigenvalue weighted by Crippen LogP contribution is 2.03. The third-order valence-electron chi connectivity index (χ3n) is 2.56. The molecule has 0 bridgehead atoms. The number of methoxy groups -OCH3 is 1. The fourth-order valence-corrected chi connectivity index (χ4v) is 1.55. The number of hydrogen-bond donors (Lipinski definition) is 1. The molecule has 0 spiro atoms. The van der Waals surface area contributed by atoms with Gasteiger partial charge in [0.05, 0.1) is 0 Å². The van der Waals surface area contributed by atoms with Crippen LogP contribution < -0.4 is 5.32 Å². The normalized spacial score (nSPS) is 14.4. The van der Waals surface area contributed by atoms with E-state index in [2.05, 4.69) is 5.32 Å². The highest BCUT2D eigenvalue weighted by molar-refractivity contribution is 6.13. The van der Waals surface area contributed by atoms with Crippen molar-refractivity contribution in [1.29, 1.82) is 0 Å². The van der Waals surface area contributed by atoms with E-state index >= 15 is 0 Å². The Bertz CT molecular complexity index is 334. The number of amides is 3. The third-order valence-corrected chi connectivity index (χ3v) is 2.56. The number of hydrogen-bond acceptors (Lipinski definition) is 4. The maximum Gasteiger partial charge on any atom is 0.253 e. The highest BCUT2D eigenvalue weighted by Gasteiger charge is 2.23. The standard InChI is InChI=1S/C12H18N2O4/c1-18-9-3-2-7-13-10(15)6-8-14-11(16)4-5-12(14)17/h4-5H,2-3,6-9H2,1H3,(H,13,15). The summed E-state index contributed by atoms with van der Waals surface area (Å²) in [5.74, 6) is -0.860. The molecule has 6 heteroatoms. The average molecular weight is 254 g/mol. The lowest BCUT2D eigenvalue weighted by Gasteiger charge is -2.13. The zero-order valence-corrected chi connectivity index (χ0v) is 10.5. The molecule has 0 atom stereocenters. The van der Waals surface area contributed by atoms with Gasteiger partial charge in [-0.05, 0) is 12.8 Å². The first-order chi connectivity index (χ1) is 8.65. The van der Waals surface area contributed by atoms with Crippen LogP contribution in [0.25, 0.3) is 0 Å². The number of nitrogens with zero attached hydrogens (tertiary/aromatic N) is 1. The molecule has 1 heterocycles. The monoisotopic (exact) mass is 254 g/mol. The molecule has 0 saturated carbocycles. The van der Waals surface area contributed by atoms with Crippen molar-refractivity contribution >= 4 is 17.7 Å². The Morgan fingerprint density at radius 3 is 2.56 bits per heavy atom. The quantitative estimate of drug-likeness (QED) is 0.482. The Morgan fingerprint density at radius 2 is 1.94 bits per heavy atom. The summed E-state index contributed by atoms with van der Waals surface area (Å²) < 4.78 is 4.89. The Hall–Kier alpha value is -1.69. The molecule has 1 aliphatic heterocycles. The van der Waals surface area contributed by atoms with Gasteiger partial charge < -0.3 is 10.1 Å². The molecule has 0 aliphatic carbocycles. The largest absolute Gasteiger partial charge is 0.385 e. The van der Waals surface area contributed by atoms with E-state index in [9.17, 15) is 14.4 Å². The molecule has 0 aromatic carbocycles. The molecule has 3 amide bonds. The van der Waals surface area contributed by atoms with Crippen LogP contribution >= 0.6 is 0 Å². The molecule has 6 nitrogen and oxygen atoms in total. The Labute approximate surface area is 106 Å². The van der Waals surface area contributed by atoms with Gasteiger partial charge in [-0.15, -0.1) is 0 Å². The first-order valence-electron chi connectivity index (χ1n) is 5.94. The molecule has 100 valence electrons. The number of rotatable bonds is 8. The number of nitrogens with one attached hydrogen (secondary N) is 1. The van der Waals surface area contributed by atoms with Crippen molar-refractivity contribution in [1.82, 2.24) is 10.2 Å². The van der Waals surface area contributed by atoms with Crippen molar-refractivity contribution < 1.29 is 19.1 Å². The van der Waals surface area contributed by atoms with Crippen LogP contribution in [0.2, 0.25) is 0 Å². The minimum Gasteiger partial charge on any atom is -0.385 e. The summed E-state index contributed by atoms with van der Waals surface area (Å²) in [7, 11) is 1.64. The van der Waals surface area contributed by atoms with E-state index in [1.807, 2.05) is 0 Å². The molecule has 1 N–H and O–H groups in total. The summed E-state index contributed by atoms with van der Waals surface area (Å²) in [6.45, 7) is 1.40. The van der Waals surface area contributed by atoms with Crippen molar-refractivity contribution in [3.05, 3.63) is 12.2 Å². The second-order valence-electron chi connectivity index (χ2n) is 3.96. The minimum atomic E-state index is -0.354. The minimum absolute atomic E-state index is 0.134. The second-order valence-corrected chi connectivity index (χ2v) is 3.96. The molecule has 1 rings (SSSR count). The lowest BCUT2D eigenvalue weighted by atomic mass is 10.3. The fourth-order valence-electron chi connectivity index (χ4n) is 1.55. The van der Waals surface area contributed by atoms with Gasteiger partial charge in [-0.2, -0.15) is 0 Å². The fraction of sp³-hybridized carbons (Fsp3) is 0.583. The molecule has 18 heavy (non-hydrogen) atoms. The van der Waals surface area contributed by atoms with Crippen molar-refractivity contribution in [2.24, 2.45) is 0 Å². The van der Waals surface area contributed by atoms with Crippen LogP contribution in [0.4, 0.5) is 0 Å². The molecule has 0 fully saturated rings. The van der Waals surface area contributed by atoms with Crippen molar-refractivity contribution in [3.63, 3.8) is 0 Å². The maximum absolute atomic E-state index is 11.4. The van der Waals surface area contributed by atoms with Gasteiger partial charge in [0.15, 0.2) is 0 Å². The van der Waals surface area contributed by atoms with Crippen LogP contribution in [0.5, 0.6) is 0 Å². The summed E-state index contributed by atoms with van der Waals surface area (Å²) in [5.41, 5.74) is 0. The summed E-state index contributed by atoms with van der Waals surface area (Å²) in [4.78, 5) is 34.9. The zero-order valence-electron chi connectivity index (χ0n) is 10.5. The Morgan fingerprint density at radius 1 is 1.28 bits per heavy atom. The molecular weight excluding hydrogens is 236 g/mol. The van der Waals surface area contributed by atoms with Gasteiger partial charge in [0.2, 0.25) is 5.91 Å². The molecule has 0 aromatic heterocycles. The lowest BCUT2D eigenvalue weighted by Crippen LogP contribution is -2.34. The van der Waals surface area contributed by atoms with E-state index in [-0.39, 0.29) is 30.7 Å². The number of imide groups is 1. The smallest absolute Gasteiger partial charge is 0.253 e. The molecule has 0 unspecified atom stereocenters. The van der Waals surface area contributed by atoms with Gasteiger partial charge >= 0.3 is 0 Å². The first kappa shape index (κ1) is 14.4. The zero-order chi connectivity index (χ0) is 13.4. The van der Waals surface area contributed by atoms with Crippen molar-refractivity contribution in [2.45, 2.75) is 19.3 Å². The summed E-state index contributed by atoms with van der Waals surface area (Å²) in [6.07, 6.45) is 4.31. The van der Waals surface area contributed by atoms with E-state index in [0.717, 1.165) is 17.7 Å². The number of carbonyl (C=O) groups is 3. The van der Waals surface area contributed by atoms with Gasteiger partial charge in [-0.3, -0.25) is 19.3 Å². The third kappa shape index (κ3) is 4.67. The van der Waals surface area contributed by atoms with E-state index in [0.29, 0.717) is 13.2 Å². The Balaban J connectivity index is 2.10. The summed E-state index contributed by atoms with van der Waals surface area (Å²) in [6, 6.07) is 0. The van der Waals surface area contributed by atoms with Crippen LogP contribution in [0, 0.1) is 0 Å². The lowest BCUT2D eigenvalue weighted by molar-refractivity contribution is -0.137. The molecule has 0 saturated heterocycles. The highest BCUT2D eigenvalue weighted by atomic mass is 16.5.